The zero-order chi connectivity index (χ0) is 5.70. The zero-order valence-electron chi connectivity index (χ0n) is 4.64. The first kappa shape index (κ1) is 6.90. The van der Waals surface area contributed by atoms with Gasteiger partial charge in [-0.25, -0.2) is 0 Å². The topological polar surface area (TPSA) is 29.1 Å². The summed E-state index contributed by atoms with van der Waals surface area (Å²) in [6.45, 7) is 4.23. The molecule has 0 aliphatic heterocycles. The Morgan fingerprint density at radius 2 is 2.29 bits per heavy atom. The summed E-state index contributed by atoms with van der Waals surface area (Å²) in [7, 11) is 0.0513. The van der Waals surface area contributed by atoms with E-state index >= 15 is 0 Å². The van der Waals surface area contributed by atoms with Gasteiger partial charge in [0.1, 0.15) is 0 Å². The predicted octanol–water partition coefficient (Wildman–Crippen LogP) is 0.431. The summed E-state index contributed by atoms with van der Waals surface area (Å²) >= 11 is 0. The Kier molecular flexibility index (Phi) is 4.01. The Morgan fingerprint density at radius 1 is 1.71 bits per heavy atom. The summed E-state index contributed by atoms with van der Waals surface area (Å²) in [4.78, 5) is 9.61. The lowest BCUT2D eigenvalue weighted by molar-refractivity contribution is -0.109. The Morgan fingerprint density at radius 3 is 2.43 bits per heavy atom. The van der Waals surface area contributed by atoms with Crippen LogP contribution in [0.4, 0.5) is 0 Å². The van der Waals surface area contributed by atoms with Gasteiger partial charge in [0.15, 0.2) is 0 Å². The van der Waals surface area contributed by atoms with Crippen LogP contribution in [0.3, 0.4) is 0 Å². The number of nitrogens with one attached hydrogen (secondary N) is 1. The fourth-order valence-electron chi connectivity index (χ4n) is 0.220. The van der Waals surface area contributed by atoms with Gasteiger partial charge in [0.05, 0.1) is 0 Å². The Hall–Kier alpha value is -0.100. The molecule has 0 fully saturated rings. The van der Waals surface area contributed by atoms with Gasteiger partial charge in [-0.3, -0.25) is 4.79 Å². The van der Waals surface area contributed by atoms with Crippen molar-refractivity contribution >= 4 is 14.3 Å². The van der Waals surface area contributed by atoms with E-state index in [0.717, 1.165) is 12.7 Å². The third-order valence-corrected chi connectivity index (χ3v) is 1.31. The molecule has 1 N–H and O–H groups in total. The fraction of sp³-hybridized carbons (Fsp3) is 0.750. The smallest absolute Gasteiger partial charge is 0.207 e. The van der Waals surface area contributed by atoms with E-state index in [2.05, 4.69) is 18.6 Å². The minimum atomic E-state index is 0.0513. The summed E-state index contributed by atoms with van der Waals surface area (Å²) in [6, 6.07) is 0. The van der Waals surface area contributed by atoms with E-state index in [0.29, 0.717) is 0 Å². The highest BCUT2D eigenvalue weighted by Gasteiger charge is 1.85. The average molecular weight is 119 g/mol. The highest BCUT2D eigenvalue weighted by molar-refractivity contribution is 7.55. The first-order valence-electron chi connectivity index (χ1n) is 2.09. The third-order valence-electron chi connectivity index (χ3n) is 0.491. The molecule has 0 spiro atoms. The van der Waals surface area contributed by atoms with Crippen LogP contribution in [0.25, 0.3) is 0 Å². The van der Waals surface area contributed by atoms with Crippen molar-refractivity contribution in [3.63, 3.8) is 0 Å². The van der Waals surface area contributed by atoms with Crippen LogP contribution in [0.5, 0.6) is 0 Å². The highest BCUT2D eigenvalue weighted by atomic mass is 31.1. The Balaban J connectivity index is 2.81. The monoisotopic (exact) mass is 119 g/mol. The molecule has 0 saturated carbocycles. The van der Waals surface area contributed by atoms with Gasteiger partial charge in [-0.2, -0.15) is 0 Å². The molecular formula is C4H10NOP. The van der Waals surface area contributed by atoms with Crippen LogP contribution in [0.1, 0.15) is 0 Å². The predicted molar refractivity (Wildman–Crippen MR) is 32.8 cm³/mol. The normalized spacial score (nSPS) is 9.00. The van der Waals surface area contributed by atoms with Crippen molar-refractivity contribution in [2.24, 2.45) is 0 Å². The van der Waals surface area contributed by atoms with E-state index in [4.69, 9.17) is 0 Å². The van der Waals surface area contributed by atoms with E-state index in [9.17, 15) is 4.79 Å². The number of carbonyl (C=O) groups is 1. The second-order valence-electron chi connectivity index (χ2n) is 1.56. The summed E-state index contributed by atoms with van der Waals surface area (Å²) < 4.78 is 0. The second kappa shape index (κ2) is 4.07. The van der Waals surface area contributed by atoms with Crippen molar-refractivity contribution in [3.8, 4) is 0 Å². The maximum atomic E-state index is 9.61. The molecule has 0 aliphatic rings. The van der Waals surface area contributed by atoms with E-state index in [1.165, 1.54) is 0 Å². The molecular weight excluding hydrogens is 109 g/mol. The van der Waals surface area contributed by atoms with Gasteiger partial charge in [-0.05, 0) is 13.3 Å². The number of carbonyl (C=O) groups excluding carboxylic acids is 1. The Labute approximate surface area is 45.0 Å². The lowest BCUT2D eigenvalue weighted by atomic mass is 11.2. The zero-order valence-corrected chi connectivity index (χ0v) is 5.53. The molecule has 2 nitrogen and oxygen atoms in total. The molecule has 0 atom stereocenters. The molecule has 0 aromatic heterocycles. The van der Waals surface area contributed by atoms with Crippen LogP contribution in [-0.4, -0.2) is 26.0 Å². The quantitative estimate of drug-likeness (QED) is 0.423. The summed E-state index contributed by atoms with van der Waals surface area (Å²) in [5.41, 5.74) is 0. The van der Waals surface area contributed by atoms with Gasteiger partial charge >= 0.3 is 0 Å². The number of amides is 1. The lowest BCUT2D eigenvalue weighted by Gasteiger charge is -1.99. The average Bonchev–Trinajstić information content (AvgIpc) is 1.61. The van der Waals surface area contributed by atoms with Crippen LogP contribution in [-0.2, 0) is 4.79 Å². The van der Waals surface area contributed by atoms with Gasteiger partial charge < -0.3 is 5.32 Å². The molecule has 0 rings (SSSR count). The van der Waals surface area contributed by atoms with E-state index in [1.807, 2.05) is 0 Å². The summed E-state index contributed by atoms with van der Waals surface area (Å²) in [5.74, 6) is 0. The molecule has 0 aliphatic carbocycles. The number of rotatable bonds is 3. The first-order valence-corrected chi connectivity index (χ1v) is 4.51. The fourth-order valence-corrected chi connectivity index (χ4v) is 0.660. The SMILES string of the molecule is CP(C)CNC=O. The molecule has 0 heterocycles. The van der Waals surface area contributed by atoms with Crippen molar-refractivity contribution in [1.29, 1.82) is 0 Å². The molecule has 0 unspecified atom stereocenters. The van der Waals surface area contributed by atoms with Crippen molar-refractivity contribution in [3.05, 3.63) is 0 Å². The van der Waals surface area contributed by atoms with Gasteiger partial charge in [-0.15, -0.1) is 0 Å². The molecule has 42 valence electrons. The largest absolute Gasteiger partial charge is 0.355 e. The van der Waals surface area contributed by atoms with Crippen molar-refractivity contribution in [2.75, 3.05) is 19.6 Å². The highest BCUT2D eigenvalue weighted by Crippen LogP contribution is 2.20. The molecule has 0 bridgehead atoms. The van der Waals surface area contributed by atoms with Gasteiger partial charge in [0.25, 0.3) is 0 Å². The molecule has 1 amide bonds. The maximum Gasteiger partial charge on any atom is 0.207 e. The number of hydrogen-bond donors (Lipinski definition) is 1. The minimum absolute atomic E-state index is 0.0513. The molecule has 3 heteroatoms. The lowest BCUT2D eigenvalue weighted by Crippen LogP contribution is -2.09. The first-order chi connectivity index (χ1) is 3.27. The molecule has 0 radical (unpaired) electrons. The van der Waals surface area contributed by atoms with Crippen LogP contribution in [0, 0.1) is 0 Å². The molecule has 0 saturated heterocycles. The summed E-state index contributed by atoms with van der Waals surface area (Å²) in [5, 5.41) is 2.60. The summed E-state index contributed by atoms with van der Waals surface area (Å²) in [6.07, 6.45) is 1.58. The molecule has 0 aromatic carbocycles. The van der Waals surface area contributed by atoms with Gasteiger partial charge in [0, 0.05) is 6.29 Å². The second-order valence-corrected chi connectivity index (χ2v) is 4.04. The van der Waals surface area contributed by atoms with E-state index < -0.39 is 0 Å². The minimum Gasteiger partial charge on any atom is -0.355 e. The van der Waals surface area contributed by atoms with Gasteiger partial charge in [-0.1, -0.05) is 7.92 Å². The van der Waals surface area contributed by atoms with E-state index in [-0.39, 0.29) is 7.92 Å². The van der Waals surface area contributed by atoms with Crippen LogP contribution in [0.2, 0.25) is 0 Å². The standard InChI is InChI=1S/C4H10NOP/c1-7(2)4-5-3-6/h3H,4H2,1-2H3,(H,5,6). The van der Waals surface area contributed by atoms with Crippen molar-refractivity contribution < 1.29 is 4.79 Å². The van der Waals surface area contributed by atoms with Crippen LogP contribution in [0.15, 0.2) is 0 Å². The number of hydrogen-bond acceptors (Lipinski definition) is 1. The Bertz CT molecular complexity index is 55.7. The van der Waals surface area contributed by atoms with Crippen molar-refractivity contribution in [2.45, 2.75) is 0 Å². The van der Waals surface area contributed by atoms with E-state index in [1.54, 1.807) is 0 Å². The molecule has 0 aromatic rings. The maximum absolute atomic E-state index is 9.61. The molecule has 7 heavy (non-hydrogen) atoms. The van der Waals surface area contributed by atoms with Crippen LogP contribution >= 0.6 is 7.92 Å². The van der Waals surface area contributed by atoms with Crippen LogP contribution < -0.4 is 5.32 Å². The van der Waals surface area contributed by atoms with Gasteiger partial charge in [0.2, 0.25) is 6.41 Å². The third kappa shape index (κ3) is 5.90. The van der Waals surface area contributed by atoms with Crippen molar-refractivity contribution in [1.82, 2.24) is 5.32 Å².